The largest absolute Gasteiger partial charge is 0.439 e. The molecule has 1 aliphatic heterocycles. The maximum absolute atomic E-state index is 12.0. The lowest BCUT2D eigenvalue weighted by molar-refractivity contribution is 0.124. The summed E-state index contributed by atoms with van der Waals surface area (Å²) in [7, 11) is 0. The molecule has 0 N–H and O–H groups in total. The smallest absolute Gasteiger partial charge is 0.410 e. The van der Waals surface area contributed by atoms with Crippen molar-refractivity contribution in [1.82, 2.24) is 4.90 Å². The molecule has 3 rings (SSSR count). The minimum atomic E-state index is -0.127. The molecule has 1 aromatic carbocycles. The van der Waals surface area contributed by atoms with E-state index >= 15 is 0 Å². The summed E-state index contributed by atoms with van der Waals surface area (Å²) in [6.45, 7) is 2.78. The molecule has 0 aromatic heterocycles. The zero-order valence-corrected chi connectivity index (χ0v) is 11.5. The number of nitrogens with zero attached hydrogens (tertiary/aromatic N) is 1. The third-order valence-electron chi connectivity index (χ3n) is 4.30. The van der Waals surface area contributed by atoms with Gasteiger partial charge in [-0.3, -0.25) is 0 Å². The summed E-state index contributed by atoms with van der Waals surface area (Å²) in [4.78, 5) is 14.0. The molecule has 1 aliphatic carbocycles. The van der Waals surface area contributed by atoms with Crippen molar-refractivity contribution in [1.29, 1.82) is 0 Å². The van der Waals surface area contributed by atoms with Gasteiger partial charge in [-0.25, -0.2) is 4.79 Å². The van der Waals surface area contributed by atoms with E-state index in [2.05, 4.69) is 31.2 Å². The Hall–Kier alpha value is -1.51. The van der Waals surface area contributed by atoms with Crippen LogP contribution in [0, 0.1) is 6.92 Å². The average Bonchev–Trinajstić information content (AvgIpc) is 2.83. The quantitative estimate of drug-likeness (QED) is 0.808. The van der Waals surface area contributed by atoms with E-state index in [4.69, 9.17) is 4.74 Å². The van der Waals surface area contributed by atoms with Gasteiger partial charge in [-0.1, -0.05) is 49.1 Å². The number of carbonyl (C=O) groups excluding carboxylic acids is 1. The van der Waals surface area contributed by atoms with Gasteiger partial charge in [-0.2, -0.15) is 0 Å². The maximum Gasteiger partial charge on any atom is 0.410 e. The van der Waals surface area contributed by atoms with Crippen LogP contribution in [0.5, 0.6) is 0 Å². The first-order chi connectivity index (χ1) is 9.24. The molecule has 0 bridgehead atoms. The summed E-state index contributed by atoms with van der Waals surface area (Å²) < 4.78 is 5.54. The number of carbonyl (C=O) groups is 1. The van der Waals surface area contributed by atoms with E-state index in [9.17, 15) is 4.79 Å². The van der Waals surface area contributed by atoms with Crippen LogP contribution in [-0.4, -0.2) is 23.6 Å². The van der Waals surface area contributed by atoms with E-state index in [0.717, 1.165) is 18.4 Å². The third kappa shape index (κ3) is 2.60. The van der Waals surface area contributed by atoms with Gasteiger partial charge >= 0.3 is 6.09 Å². The topological polar surface area (TPSA) is 29.5 Å². The summed E-state index contributed by atoms with van der Waals surface area (Å²) in [5.41, 5.74) is 2.34. The molecular weight excluding hydrogens is 238 g/mol. The molecule has 0 radical (unpaired) electrons. The van der Waals surface area contributed by atoms with Crippen LogP contribution >= 0.6 is 0 Å². The first-order valence-electron chi connectivity index (χ1n) is 7.28. The third-order valence-corrected chi connectivity index (χ3v) is 4.30. The number of benzene rings is 1. The monoisotopic (exact) mass is 259 g/mol. The molecule has 0 spiro atoms. The fraction of sp³-hybridized carbons (Fsp3) is 0.562. The Bertz CT molecular complexity index is 448. The Kier molecular flexibility index (Phi) is 3.45. The standard InChI is InChI=1S/C16H21NO2/c1-12-7-9-13(10-8-12)15-11-17(16(18)19-15)14-5-3-2-4-6-14/h7-10,14-15H,2-6,11H2,1H3. The van der Waals surface area contributed by atoms with Crippen LogP contribution in [0.2, 0.25) is 0 Å². The molecule has 1 saturated carbocycles. The SMILES string of the molecule is Cc1ccc(C2CN(C3CCCCC3)C(=O)O2)cc1. The Labute approximate surface area is 114 Å². The van der Waals surface area contributed by atoms with Gasteiger partial charge in [0.25, 0.3) is 0 Å². The summed E-state index contributed by atoms with van der Waals surface area (Å²) in [6.07, 6.45) is 5.84. The van der Waals surface area contributed by atoms with Crippen molar-refractivity contribution in [2.24, 2.45) is 0 Å². The van der Waals surface area contributed by atoms with E-state index in [1.807, 2.05) is 4.90 Å². The molecule has 1 unspecified atom stereocenters. The van der Waals surface area contributed by atoms with Gasteiger partial charge in [0, 0.05) is 6.04 Å². The lowest BCUT2D eigenvalue weighted by Crippen LogP contribution is -2.37. The summed E-state index contributed by atoms with van der Waals surface area (Å²) in [5, 5.41) is 0. The van der Waals surface area contributed by atoms with Gasteiger partial charge in [0.15, 0.2) is 0 Å². The van der Waals surface area contributed by atoms with Crippen LogP contribution in [0.25, 0.3) is 0 Å². The van der Waals surface area contributed by atoms with Crippen molar-refractivity contribution in [3.05, 3.63) is 35.4 Å². The van der Waals surface area contributed by atoms with E-state index in [-0.39, 0.29) is 12.2 Å². The number of hydrogen-bond acceptors (Lipinski definition) is 2. The second-order valence-electron chi connectivity index (χ2n) is 5.73. The molecule has 3 heteroatoms. The van der Waals surface area contributed by atoms with E-state index in [1.54, 1.807) is 0 Å². The predicted octanol–water partition coefficient (Wildman–Crippen LogP) is 3.82. The molecule has 102 valence electrons. The molecular formula is C16H21NO2. The number of ether oxygens (including phenoxy) is 1. The van der Waals surface area contributed by atoms with Crippen LogP contribution in [0.15, 0.2) is 24.3 Å². The van der Waals surface area contributed by atoms with Crippen molar-refractivity contribution in [3.63, 3.8) is 0 Å². The highest BCUT2D eigenvalue weighted by Gasteiger charge is 2.36. The van der Waals surface area contributed by atoms with Gasteiger partial charge in [0.2, 0.25) is 0 Å². The van der Waals surface area contributed by atoms with Gasteiger partial charge in [-0.15, -0.1) is 0 Å². The summed E-state index contributed by atoms with van der Waals surface area (Å²) in [5.74, 6) is 0. The predicted molar refractivity (Wildman–Crippen MR) is 74.0 cm³/mol. The minimum Gasteiger partial charge on any atom is -0.439 e. The minimum absolute atomic E-state index is 0.0879. The second-order valence-corrected chi connectivity index (χ2v) is 5.73. The zero-order chi connectivity index (χ0) is 13.2. The highest BCUT2D eigenvalue weighted by atomic mass is 16.6. The fourth-order valence-electron chi connectivity index (χ4n) is 3.13. The lowest BCUT2D eigenvalue weighted by atomic mass is 9.94. The summed E-state index contributed by atoms with van der Waals surface area (Å²) >= 11 is 0. The van der Waals surface area contributed by atoms with Crippen molar-refractivity contribution >= 4 is 6.09 Å². The van der Waals surface area contributed by atoms with Crippen LogP contribution in [-0.2, 0) is 4.74 Å². The fourth-order valence-corrected chi connectivity index (χ4v) is 3.13. The Morgan fingerprint density at radius 2 is 1.79 bits per heavy atom. The van der Waals surface area contributed by atoms with Crippen LogP contribution in [0.4, 0.5) is 4.79 Å². The molecule has 1 amide bonds. The number of hydrogen-bond donors (Lipinski definition) is 0. The summed E-state index contributed by atoms with van der Waals surface area (Å²) in [6, 6.07) is 8.69. The first-order valence-corrected chi connectivity index (χ1v) is 7.28. The molecule has 1 aromatic rings. The zero-order valence-electron chi connectivity index (χ0n) is 11.5. The van der Waals surface area contributed by atoms with Gasteiger partial charge < -0.3 is 9.64 Å². The normalized spacial score (nSPS) is 24.6. The van der Waals surface area contributed by atoms with Crippen LogP contribution < -0.4 is 0 Å². The molecule has 1 atom stereocenters. The average molecular weight is 259 g/mol. The van der Waals surface area contributed by atoms with Crippen molar-refractivity contribution < 1.29 is 9.53 Å². The first kappa shape index (κ1) is 12.5. The number of amides is 1. The number of rotatable bonds is 2. The van der Waals surface area contributed by atoms with Crippen molar-refractivity contribution in [3.8, 4) is 0 Å². The lowest BCUT2D eigenvalue weighted by Gasteiger charge is -2.28. The number of cyclic esters (lactones) is 1. The highest BCUT2D eigenvalue weighted by Crippen LogP contribution is 2.32. The Balaban J connectivity index is 1.70. The molecule has 2 fully saturated rings. The molecule has 3 nitrogen and oxygen atoms in total. The van der Waals surface area contributed by atoms with Crippen LogP contribution in [0.3, 0.4) is 0 Å². The Morgan fingerprint density at radius 1 is 1.11 bits per heavy atom. The maximum atomic E-state index is 12.0. The van der Waals surface area contributed by atoms with E-state index in [1.165, 1.54) is 24.8 Å². The van der Waals surface area contributed by atoms with Gasteiger partial charge in [-0.05, 0) is 25.3 Å². The van der Waals surface area contributed by atoms with Gasteiger partial charge in [0.05, 0.1) is 6.54 Å². The second kappa shape index (κ2) is 5.24. The van der Waals surface area contributed by atoms with Crippen molar-refractivity contribution in [2.45, 2.75) is 51.2 Å². The molecule has 19 heavy (non-hydrogen) atoms. The van der Waals surface area contributed by atoms with Crippen LogP contribution in [0.1, 0.15) is 49.3 Å². The molecule has 1 heterocycles. The number of aryl methyl sites for hydroxylation is 1. The van der Waals surface area contributed by atoms with Gasteiger partial charge in [0.1, 0.15) is 6.10 Å². The van der Waals surface area contributed by atoms with E-state index in [0.29, 0.717) is 12.6 Å². The molecule has 2 aliphatic rings. The highest BCUT2D eigenvalue weighted by molar-refractivity contribution is 5.70. The van der Waals surface area contributed by atoms with E-state index < -0.39 is 0 Å². The molecule has 1 saturated heterocycles. The van der Waals surface area contributed by atoms with Crippen molar-refractivity contribution in [2.75, 3.05) is 6.54 Å². The Morgan fingerprint density at radius 3 is 2.47 bits per heavy atom.